The van der Waals surface area contributed by atoms with Gasteiger partial charge in [-0.25, -0.2) is 0 Å². The van der Waals surface area contributed by atoms with Crippen molar-refractivity contribution in [2.75, 3.05) is 6.61 Å². The normalized spacial score (nSPS) is 44.7. The maximum atomic E-state index is 8.03. The molecule has 0 aromatic carbocycles. The van der Waals surface area contributed by atoms with Crippen LogP contribution in [0.15, 0.2) is 0 Å². The fourth-order valence-electron chi connectivity index (χ4n) is 2.66. The van der Waals surface area contributed by atoms with Crippen molar-refractivity contribution >= 4 is 0 Å². The molecule has 0 unspecified atom stereocenters. The summed E-state index contributed by atoms with van der Waals surface area (Å²) in [6.07, 6.45) is 2.88. The highest BCUT2D eigenvalue weighted by Crippen LogP contribution is 2.64. The van der Waals surface area contributed by atoms with E-state index in [0.29, 0.717) is 5.92 Å². The Morgan fingerprint density at radius 2 is 2.07 bits per heavy atom. The van der Waals surface area contributed by atoms with Crippen molar-refractivity contribution in [2.45, 2.75) is 65.2 Å². The van der Waals surface area contributed by atoms with Gasteiger partial charge >= 0.3 is 0 Å². The van der Waals surface area contributed by atoms with E-state index >= 15 is 0 Å². The van der Waals surface area contributed by atoms with Crippen LogP contribution in [0.4, 0.5) is 0 Å². The minimum Gasteiger partial charge on any atom is -0.378 e. The largest absolute Gasteiger partial charge is 0.378 e. The van der Waals surface area contributed by atoms with Gasteiger partial charge in [0.15, 0.2) is 0 Å². The highest BCUT2D eigenvalue weighted by Gasteiger charge is 2.63. The molecule has 0 aromatic rings. The van der Waals surface area contributed by atoms with Gasteiger partial charge in [0.2, 0.25) is 0 Å². The van der Waals surface area contributed by atoms with Gasteiger partial charge in [0.1, 0.15) is 0 Å². The van der Waals surface area contributed by atoms with E-state index in [4.69, 9.17) is 10.8 Å². The molecule has 2 aliphatic carbocycles. The van der Waals surface area contributed by atoms with Crippen molar-refractivity contribution in [1.82, 2.24) is 0 Å². The molecule has 0 bridgehead atoms. The summed E-state index contributed by atoms with van der Waals surface area (Å²) in [4.78, 5) is 0. The topological polar surface area (TPSA) is 18.5 Å². The molecule has 2 heteroatoms. The van der Waals surface area contributed by atoms with E-state index in [1.807, 2.05) is 0 Å². The second-order valence-corrected chi connectivity index (χ2v) is 5.55. The van der Waals surface area contributed by atoms with Crippen LogP contribution in [0, 0.1) is 11.3 Å². The second-order valence-electron chi connectivity index (χ2n) is 5.55. The number of ether oxygens (including phenoxy) is 2. The summed E-state index contributed by atoms with van der Waals surface area (Å²) in [5, 5.41) is 0. The highest BCUT2D eigenvalue weighted by molar-refractivity contribution is 5.12. The summed E-state index contributed by atoms with van der Waals surface area (Å²) in [6, 6.07) is 0. The Morgan fingerprint density at radius 1 is 1.33 bits per heavy atom. The maximum absolute atomic E-state index is 8.03. The molecule has 0 aromatic heterocycles. The third-order valence-corrected chi connectivity index (χ3v) is 3.58. The van der Waals surface area contributed by atoms with Gasteiger partial charge < -0.3 is 9.47 Å². The van der Waals surface area contributed by atoms with Crippen LogP contribution in [0.5, 0.6) is 0 Å². The van der Waals surface area contributed by atoms with Crippen LogP contribution in [0.3, 0.4) is 0 Å². The molecule has 0 saturated heterocycles. The molecule has 2 rings (SSSR count). The van der Waals surface area contributed by atoms with Crippen molar-refractivity contribution < 1.29 is 10.8 Å². The quantitative estimate of drug-likeness (QED) is 0.700. The lowest BCUT2D eigenvalue weighted by Gasteiger charge is -2.26. The van der Waals surface area contributed by atoms with E-state index in [-0.39, 0.29) is 30.1 Å². The molecule has 0 radical (unpaired) electrons. The van der Waals surface area contributed by atoms with Crippen molar-refractivity contribution in [3.05, 3.63) is 0 Å². The molecule has 0 amide bonds. The molecule has 0 heterocycles. The molecule has 2 fully saturated rings. The van der Waals surface area contributed by atoms with Gasteiger partial charge in [0, 0.05) is 6.79 Å². The van der Waals surface area contributed by atoms with Crippen LogP contribution in [0.2, 0.25) is 0 Å². The molecular weight excluding hydrogens is 188 g/mol. The van der Waals surface area contributed by atoms with Crippen LogP contribution in [0.1, 0.15) is 48.3 Å². The van der Waals surface area contributed by atoms with Gasteiger partial charge in [-0.15, -0.1) is 0 Å². The standard InChI is InChI=1S/C13H24O2/c1-9(2)14-8-13-7-11(13)5-6-12(13)15-10(3)4/h9-12H,5-8H2,1-4H3/t11-,12-,13-/m0/s1/i5T/t5-,11+,12+,13+/m1. The molecule has 2 nitrogen and oxygen atoms in total. The highest BCUT2D eigenvalue weighted by atomic mass is 16.5. The number of fused-ring (bicyclic) bond motifs is 1. The molecule has 0 spiro atoms. The fraction of sp³-hybridized carbons (Fsp3) is 1.00. The zero-order valence-corrected chi connectivity index (χ0v) is 10.3. The van der Waals surface area contributed by atoms with E-state index < -0.39 is 0 Å². The minimum atomic E-state index is 0.0690. The molecule has 4 atom stereocenters. The molecule has 0 N–H and O–H groups in total. The first kappa shape index (κ1) is 10.1. The molecule has 2 aliphatic rings. The molecule has 15 heavy (non-hydrogen) atoms. The average molecular weight is 214 g/mol. The van der Waals surface area contributed by atoms with Crippen LogP contribution in [-0.4, -0.2) is 24.9 Å². The van der Waals surface area contributed by atoms with Gasteiger partial charge in [-0.3, -0.25) is 0 Å². The predicted octanol–water partition coefficient (Wildman–Crippen LogP) is 3.01. The third kappa shape index (κ3) is 2.21. The lowest BCUT2D eigenvalue weighted by molar-refractivity contribution is -0.0636. The van der Waals surface area contributed by atoms with E-state index in [1.54, 1.807) is 0 Å². The van der Waals surface area contributed by atoms with Gasteiger partial charge in [-0.2, -0.15) is 0 Å². The molecular formula is C13H24O2. The van der Waals surface area contributed by atoms with Crippen molar-refractivity contribution in [3.63, 3.8) is 0 Å². The first-order chi connectivity index (χ1) is 7.45. The lowest BCUT2D eigenvalue weighted by atomic mass is 10.0. The fourth-order valence-corrected chi connectivity index (χ4v) is 2.66. The second kappa shape index (κ2) is 4.06. The summed E-state index contributed by atoms with van der Waals surface area (Å²) in [7, 11) is 0. The van der Waals surface area contributed by atoms with E-state index in [2.05, 4.69) is 27.7 Å². The van der Waals surface area contributed by atoms with Crippen LogP contribution in [-0.2, 0) is 9.47 Å². The van der Waals surface area contributed by atoms with Gasteiger partial charge in [-0.05, 0) is 52.9 Å². The van der Waals surface area contributed by atoms with Crippen LogP contribution < -0.4 is 0 Å². The first-order valence-corrected chi connectivity index (χ1v) is 6.15. The van der Waals surface area contributed by atoms with Crippen LogP contribution in [0.25, 0.3) is 0 Å². The molecule has 0 aliphatic heterocycles. The minimum absolute atomic E-state index is 0.0690. The molecule has 88 valence electrons. The smallest absolute Gasteiger partial charge is 0.0659 e. The summed E-state index contributed by atoms with van der Waals surface area (Å²) in [6.45, 7) is 9.07. The van der Waals surface area contributed by atoms with Crippen molar-refractivity contribution in [3.8, 4) is 0 Å². The summed E-state index contributed by atoms with van der Waals surface area (Å²) < 4.78 is 19.8. The molecule has 2 saturated carbocycles. The van der Waals surface area contributed by atoms with Gasteiger partial charge in [0.25, 0.3) is 0 Å². The first-order valence-electron chi connectivity index (χ1n) is 6.73. The monoisotopic (exact) mass is 214 g/mol. The Morgan fingerprint density at radius 3 is 2.60 bits per heavy atom. The Balaban J connectivity index is 1.96. The Bertz CT molecular complexity index is 254. The van der Waals surface area contributed by atoms with Gasteiger partial charge in [0.05, 0.1) is 24.9 Å². The maximum Gasteiger partial charge on any atom is 0.0659 e. The Kier molecular flexibility index (Phi) is 2.73. The van der Waals surface area contributed by atoms with E-state index in [9.17, 15) is 0 Å². The van der Waals surface area contributed by atoms with E-state index in [1.165, 1.54) is 0 Å². The zero-order valence-electron chi connectivity index (χ0n) is 11.3. The number of hydrogen-bond donors (Lipinski definition) is 0. The summed E-state index contributed by atoms with van der Waals surface area (Å²) >= 11 is 0. The van der Waals surface area contributed by atoms with E-state index in [0.717, 1.165) is 19.4 Å². The number of hydrogen-bond acceptors (Lipinski definition) is 2. The summed E-state index contributed by atoms with van der Waals surface area (Å²) in [5.41, 5.74) is 0.182. The predicted molar refractivity (Wildman–Crippen MR) is 60.9 cm³/mol. The Labute approximate surface area is 94.7 Å². The van der Waals surface area contributed by atoms with Crippen molar-refractivity contribution in [1.29, 1.82) is 0 Å². The van der Waals surface area contributed by atoms with Crippen LogP contribution >= 0.6 is 0 Å². The average Bonchev–Trinajstić information content (AvgIpc) is 2.83. The van der Waals surface area contributed by atoms with Gasteiger partial charge in [-0.1, -0.05) is 0 Å². The summed E-state index contributed by atoms with van der Waals surface area (Å²) in [5.74, 6) is 0.523. The van der Waals surface area contributed by atoms with Crippen molar-refractivity contribution in [2.24, 2.45) is 11.3 Å². The Hall–Kier alpha value is -0.0800. The number of rotatable bonds is 5. The lowest BCUT2D eigenvalue weighted by Crippen LogP contribution is -2.30. The third-order valence-electron chi connectivity index (χ3n) is 3.58. The SMILES string of the molecule is [3H][C@@H]1C[C@H](OC(C)C)[C@]2(COC(C)C)C[C@H]12. The zero-order chi connectivity index (χ0) is 11.9.